The zero-order chi connectivity index (χ0) is 11.4. The molecule has 0 spiro atoms. The molecule has 0 saturated heterocycles. The Hall–Kier alpha value is -0.510. The summed E-state index contributed by atoms with van der Waals surface area (Å²) < 4.78 is 6.28. The fourth-order valence-electron chi connectivity index (χ4n) is 1.55. The van der Waals surface area contributed by atoms with E-state index in [-0.39, 0.29) is 0 Å². The van der Waals surface area contributed by atoms with Crippen molar-refractivity contribution in [1.29, 1.82) is 0 Å². The summed E-state index contributed by atoms with van der Waals surface area (Å²) in [6.07, 6.45) is 3.25. The lowest BCUT2D eigenvalue weighted by molar-refractivity contribution is 0.150. The van der Waals surface area contributed by atoms with Gasteiger partial charge in [0.25, 0.3) is 0 Å². The fraction of sp³-hybridized carbons (Fsp3) is 0.333. The van der Waals surface area contributed by atoms with Gasteiger partial charge in [-0.05, 0) is 46.1 Å². The van der Waals surface area contributed by atoms with Crippen molar-refractivity contribution in [3.8, 4) is 0 Å². The van der Waals surface area contributed by atoms with E-state index < -0.39 is 0 Å². The molecule has 0 fully saturated rings. The van der Waals surface area contributed by atoms with Crippen LogP contribution in [0.5, 0.6) is 0 Å². The minimum atomic E-state index is 0.728. The third kappa shape index (κ3) is 3.24. The van der Waals surface area contributed by atoms with Crippen LogP contribution in [0.3, 0.4) is 0 Å². The highest BCUT2D eigenvalue weighted by Gasteiger charge is 2.04. The number of halogens is 2. The molecule has 1 aliphatic heterocycles. The monoisotopic (exact) mass is 301 g/mol. The Morgan fingerprint density at radius 3 is 3.00 bits per heavy atom. The highest BCUT2D eigenvalue weighted by Crippen LogP contribution is 2.25. The van der Waals surface area contributed by atoms with Gasteiger partial charge < -0.3 is 10.1 Å². The van der Waals surface area contributed by atoms with Crippen molar-refractivity contribution in [2.45, 2.75) is 6.42 Å². The summed E-state index contributed by atoms with van der Waals surface area (Å²) in [6.45, 7) is 2.41. The molecule has 2 nitrogen and oxygen atoms in total. The van der Waals surface area contributed by atoms with Crippen LogP contribution in [0.15, 0.2) is 34.3 Å². The number of ether oxygens (including phenoxy) is 1. The molecule has 0 saturated carbocycles. The Kier molecular flexibility index (Phi) is 4.27. The van der Waals surface area contributed by atoms with Crippen molar-refractivity contribution in [3.05, 3.63) is 39.3 Å². The lowest BCUT2D eigenvalue weighted by Crippen LogP contribution is -2.13. The molecule has 0 aromatic heterocycles. The largest absolute Gasteiger partial charge is 0.381 e. The van der Waals surface area contributed by atoms with Gasteiger partial charge in [0.15, 0.2) is 0 Å². The van der Waals surface area contributed by atoms with E-state index in [0.29, 0.717) is 0 Å². The third-order valence-electron chi connectivity index (χ3n) is 2.42. The lowest BCUT2D eigenvalue weighted by atomic mass is 10.2. The minimum Gasteiger partial charge on any atom is -0.381 e. The molecule has 86 valence electrons. The molecule has 1 aromatic rings. The minimum absolute atomic E-state index is 0.728. The van der Waals surface area contributed by atoms with Crippen molar-refractivity contribution >= 4 is 33.2 Å². The summed E-state index contributed by atoms with van der Waals surface area (Å²) in [7, 11) is 0. The van der Waals surface area contributed by atoms with Gasteiger partial charge in [0, 0.05) is 16.7 Å². The van der Waals surface area contributed by atoms with Gasteiger partial charge in [0.05, 0.1) is 18.2 Å². The van der Waals surface area contributed by atoms with Crippen LogP contribution < -0.4 is 5.32 Å². The van der Waals surface area contributed by atoms with Gasteiger partial charge in [-0.3, -0.25) is 0 Å². The summed E-state index contributed by atoms with van der Waals surface area (Å²) in [6, 6.07) is 5.82. The molecule has 1 aromatic carbocycles. The Morgan fingerprint density at radius 1 is 1.44 bits per heavy atom. The van der Waals surface area contributed by atoms with Crippen molar-refractivity contribution in [2.75, 3.05) is 25.1 Å². The second kappa shape index (κ2) is 5.71. The standard InChI is InChI=1S/C12H13BrClNO/c13-11-6-10(3-4-12(11)14)15-7-9-2-1-5-16-8-9/h2-4,6,15H,1,5,7-8H2. The number of benzene rings is 1. The van der Waals surface area contributed by atoms with Gasteiger partial charge >= 0.3 is 0 Å². The highest BCUT2D eigenvalue weighted by molar-refractivity contribution is 9.10. The van der Waals surface area contributed by atoms with Crippen LogP contribution in [0.2, 0.25) is 5.02 Å². The number of nitrogens with one attached hydrogen (secondary N) is 1. The number of hydrogen-bond donors (Lipinski definition) is 1. The Bertz CT molecular complexity index is 406. The van der Waals surface area contributed by atoms with Gasteiger partial charge in [-0.2, -0.15) is 0 Å². The molecule has 0 aliphatic carbocycles. The predicted octanol–water partition coefficient (Wildman–Crippen LogP) is 3.86. The van der Waals surface area contributed by atoms with E-state index in [2.05, 4.69) is 27.3 Å². The van der Waals surface area contributed by atoms with E-state index >= 15 is 0 Å². The molecular weight excluding hydrogens is 289 g/mol. The van der Waals surface area contributed by atoms with Crippen LogP contribution >= 0.6 is 27.5 Å². The molecule has 0 radical (unpaired) electrons. The van der Waals surface area contributed by atoms with E-state index in [1.807, 2.05) is 18.2 Å². The number of anilines is 1. The average molecular weight is 303 g/mol. The van der Waals surface area contributed by atoms with Crippen molar-refractivity contribution in [2.24, 2.45) is 0 Å². The first-order chi connectivity index (χ1) is 7.75. The van der Waals surface area contributed by atoms with E-state index in [1.165, 1.54) is 5.57 Å². The first kappa shape index (κ1) is 12.0. The summed E-state index contributed by atoms with van der Waals surface area (Å²) in [4.78, 5) is 0. The molecule has 1 N–H and O–H groups in total. The Morgan fingerprint density at radius 2 is 2.31 bits per heavy atom. The summed E-state index contributed by atoms with van der Waals surface area (Å²) >= 11 is 9.32. The van der Waals surface area contributed by atoms with Crippen LogP contribution in [0.25, 0.3) is 0 Å². The van der Waals surface area contributed by atoms with E-state index in [1.54, 1.807) is 0 Å². The van der Waals surface area contributed by atoms with Crippen LogP contribution in [-0.2, 0) is 4.74 Å². The third-order valence-corrected chi connectivity index (χ3v) is 3.64. The Balaban J connectivity index is 1.94. The van der Waals surface area contributed by atoms with E-state index in [4.69, 9.17) is 16.3 Å². The van der Waals surface area contributed by atoms with Crippen LogP contribution in [-0.4, -0.2) is 19.8 Å². The van der Waals surface area contributed by atoms with Crippen molar-refractivity contribution in [3.63, 3.8) is 0 Å². The topological polar surface area (TPSA) is 21.3 Å². The molecule has 2 rings (SSSR count). The number of hydrogen-bond acceptors (Lipinski definition) is 2. The Labute approximate surface area is 109 Å². The zero-order valence-electron chi connectivity index (χ0n) is 8.80. The highest BCUT2D eigenvalue weighted by atomic mass is 79.9. The first-order valence-electron chi connectivity index (χ1n) is 5.20. The number of rotatable bonds is 3. The maximum Gasteiger partial charge on any atom is 0.0693 e. The molecule has 4 heteroatoms. The normalized spacial score (nSPS) is 15.8. The van der Waals surface area contributed by atoms with Crippen LogP contribution in [0.1, 0.15) is 6.42 Å². The van der Waals surface area contributed by atoms with Gasteiger partial charge in [-0.25, -0.2) is 0 Å². The van der Waals surface area contributed by atoms with E-state index in [9.17, 15) is 0 Å². The van der Waals surface area contributed by atoms with Gasteiger partial charge in [-0.1, -0.05) is 17.7 Å². The van der Waals surface area contributed by atoms with Crippen molar-refractivity contribution < 1.29 is 4.74 Å². The molecule has 0 bridgehead atoms. The second-order valence-electron chi connectivity index (χ2n) is 3.69. The molecular formula is C12H13BrClNO. The maximum absolute atomic E-state index is 5.92. The molecule has 1 heterocycles. The summed E-state index contributed by atoms with van der Waals surface area (Å²) in [5, 5.41) is 4.07. The zero-order valence-corrected chi connectivity index (χ0v) is 11.1. The predicted molar refractivity (Wildman–Crippen MR) is 71.2 cm³/mol. The van der Waals surface area contributed by atoms with Gasteiger partial charge in [0.2, 0.25) is 0 Å². The van der Waals surface area contributed by atoms with Crippen LogP contribution in [0.4, 0.5) is 5.69 Å². The molecule has 16 heavy (non-hydrogen) atoms. The SMILES string of the molecule is Clc1ccc(NCC2=CCCOC2)cc1Br. The lowest BCUT2D eigenvalue weighted by Gasteiger charge is -2.15. The molecule has 0 atom stereocenters. The molecule has 0 unspecified atom stereocenters. The maximum atomic E-state index is 5.92. The molecule has 1 aliphatic rings. The van der Waals surface area contributed by atoms with Gasteiger partial charge in [-0.15, -0.1) is 0 Å². The average Bonchev–Trinajstić information content (AvgIpc) is 2.32. The smallest absolute Gasteiger partial charge is 0.0693 e. The summed E-state index contributed by atoms with van der Waals surface area (Å²) in [5.41, 5.74) is 2.36. The quantitative estimate of drug-likeness (QED) is 0.856. The summed E-state index contributed by atoms with van der Waals surface area (Å²) in [5.74, 6) is 0. The van der Waals surface area contributed by atoms with Crippen molar-refractivity contribution in [1.82, 2.24) is 0 Å². The fourth-order valence-corrected chi connectivity index (χ4v) is 2.05. The van der Waals surface area contributed by atoms with Crippen LogP contribution in [0, 0.1) is 0 Å². The van der Waals surface area contributed by atoms with Gasteiger partial charge in [0.1, 0.15) is 0 Å². The van der Waals surface area contributed by atoms with E-state index in [0.717, 1.165) is 41.4 Å². The molecule has 0 amide bonds. The second-order valence-corrected chi connectivity index (χ2v) is 4.95. The first-order valence-corrected chi connectivity index (χ1v) is 6.37.